The first-order valence-corrected chi connectivity index (χ1v) is 10.3. The van der Waals surface area contributed by atoms with E-state index in [1.54, 1.807) is 32.0 Å². The predicted molar refractivity (Wildman–Crippen MR) is 124 cm³/mol. The third kappa shape index (κ3) is 5.25. The monoisotopic (exact) mass is 453 g/mol. The fourth-order valence-electron chi connectivity index (χ4n) is 3.44. The van der Waals surface area contributed by atoms with Crippen molar-refractivity contribution in [1.29, 1.82) is 0 Å². The van der Waals surface area contributed by atoms with Gasteiger partial charge in [0.05, 0.1) is 45.7 Å². The highest BCUT2D eigenvalue weighted by molar-refractivity contribution is 6.24. The minimum atomic E-state index is -0.581. The number of amidine groups is 1. The quantitative estimate of drug-likeness (QED) is 0.619. The van der Waals surface area contributed by atoms with Gasteiger partial charge in [-0.2, -0.15) is 0 Å². The number of hydrogen-bond acceptors (Lipinski definition) is 8. The highest BCUT2D eigenvalue weighted by Crippen LogP contribution is 2.38. The van der Waals surface area contributed by atoms with Crippen LogP contribution in [0.25, 0.3) is 0 Å². The van der Waals surface area contributed by atoms with Crippen LogP contribution in [0.3, 0.4) is 0 Å². The lowest BCUT2D eigenvalue weighted by Gasteiger charge is -2.15. The van der Waals surface area contributed by atoms with Gasteiger partial charge >= 0.3 is 5.97 Å². The molecule has 0 saturated carbocycles. The van der Waals surface area contributed by atoms with Gasteiger partial charge in [-0.05, 0) is 43.7 Å². The second-order valence-electron chi connectivity index (χ2n) is 7.08. The van der Waals surface area contributed by atoms with Gasteiger partial charge in [-0.15, -0.1) is 0 Å². The summed E-state index contributed by atoms with van der Waals surface area (Å²) in [6.45, 7) is 3.64. The molecular formula is C24H27N3O6. The molecule has 0 atom stereocenters. The third-order valence-electron chi connectivity index (χ3n) is 4.90. The van der Waals surface area contributed by atoms with Gasteiger partial charge in [0.1, 0.15) is 11.4 Å². The van der Waals surface area contributed by atoms with Crippen molar-refractivity contribution in [2.75, 3.05) is 33.3 Å². The number of nitrogens with one attached hydrogen (secondary N) is 2. The maximum absolute atomic E-state index is 13.0. The summed E-state index contributed by atoms with van der Waals surface area (Å²) >= 11 is 0. The van der Waals surface area contributed by atoms with E-state index in [2.05, 4.69) is 15.6 Å². The van der Waals surface area contributed by atoms with E-state index in [0.29, 0.717) is 39.9 Å². The molecule has 1 heterocycles. The summed E-state index contributed by atoms with van der Waals surface area (Å²) < 4.78 is 21.3. The average molecular weight is 453 g/mol. The Morgan fingerprint density at radius 2 is 1.70 bits per heavy atom. The topological polar surface area (TPSA) is 107 Å². The largest absolute Gasteiger partial charge is 0.493 e. The molecule has 1 aliphatic heterocycles. The number of benzene rings is 2. The van der Waals surface area contributed by atoms with Crippen molar-refractivity contribution in [2.24, 2.45) is 4.99 Å². The molecule has 0 spiro atoms. The molecule has 33 heavy (non-hydrogen) atoms. The molecule has 0 saturated heterocycles. The Morgan fingerprint density at radius 3 is 2.30 bits per heavy atom. The van der Waals surface area contributed by atoms with E-state index in [-0.39, 0.29) is 30.3 Å². The van der Waals surface area contributed by atoms with E-state index in [1.165, 1.54) is 21.3 Å². The number of esters is 1. The molecule has 0 radical (unpaired) electrons. The van der Waals surface area contributed by atoms with Crippen LogP contribution in [0.2, 0.25) is 0 Å². The van der Waals surface area contributed by atoms with E-state index >= 15 is 0 Å². The van der Waals surface area contributed by atoms with E-state index < -0.39 is 5.97 Å². The van der Waals surface area contributed by atoms with Crippen LogP contribution in [0.1, 0.15) is 19.4 Å². The Morgan fingerprint density at radius 1 is 1.03 bits per heavy atom. The molecule has 0 aliphatic carbocycles. The molecule has 3 rings (SSSR count). The molecule has 2 aromatic rings. The second-order valence-corrected chi connectivity index (χ2v) is 7.08. The summed E-state index contributed by atoms with van der Waals surface area (Å²) in [7, 11) is 4.52. The molecule has 9 nitrogen and oxygen atoms in total. The van der Waals surface area contributed by atoms with E-state index in [0.717, 1.165) is 0 Å². The number of nitrogens with zero attached hydrogens (tertiary/aromatic N) is 1. The fourth-order valence-corrected chi connectivity index (χ4v) is 3.44. The number of allylic oxidation sites excluding steroid dienone is 1. The van der Waals surface area contributed by atoms with Crippen molar-refractivity contribution in [3.8, 4) is 17.2 Å². The maximum atomic E-state index is 13.0. The number of rotatable bonds is 7. The lowest BCUT2D eigenvalue weighted by molar-refractivity contribution is -0.137. The number of hydrogen-bond donors (Lipinski definition) is 2. The number of carbonyl (C=O) groups excluding carboxylic acids is 2. The number of amides is 1. The van der Waals surface area contributed by atoms with Crippen LogP contribution in [-0.4, -0.2) is 45.6 Å². The number of anilines is 1. The number of aliphatic imine (C=N–C) groups is 1. The van der Waals surface area contributed by atoms with Gasteiger partial charge in [0.2, 0.25) is 11.7 Å². The van der Waals surface area contributed by atoms with Crippen molar-refractivity contribution >= 4 is 29.1 Å². The zero-order chi connectivity index (χ0) is 24.0. The van der Waals surface area contributed by atoms with E-state index in [1.807, 2.05) is 18.2 Å². The van der Waals surface area contributed by atoms with Crippen LogP contribution < -0.4 is 24.8 Å². The molecule has 0 unspecified atom stereocenters. The van der Waals surface area contributed by atoms with Crippen molar-refractivity contribution in [2.45, 2.75) is 20.3 Å². The summed E-state index contributed by atoms with van der Waals surface area (Å²) in [6.07, 6.45) is -0.0139. The first kappa shape index (κ1) is 23.6. The normalized spacial score (nSPS) is 12.6. The standard InChI is InChI=1S/C24H27N3O6/c1-6-33-24(29)21-14(2)25-16-9-7-8-10-17(16)26-23(21)27-20(28)13-15-11-18(30-3)22(32-5)19(12-15)31-4/h7-12,25H,6,13H2,1-5H3,(H,26,27,28). The average Bonchev–Trinajstić information content (AvgIpc) is 2.93. The molecule has 0 fully saturated rings. The number of fused-ring (bicyclic) bond motifs is 1. The smallest absolute Gasteiger partial charge is 0.343 e. The summed E-state index contributed by atoms with van der Waals surface area (Å²) in [4.78, 5) is 30.2. The van der Waals surface area contributed by atoms with Crippen LogP contribution in [0, 0.1) is 0 Å². The highest BCUT2D eigenvalue weighted by atomic mass is 16.5. The van der Waals surface area contributed by atoms with Crippen LogP contribution >= 0.6 is 0 Å². The van der Waals surface area contributed by atoms with Gasteiger partial charge in [-0.1, -0.05) is 12.1 Å². The van der Waals surface area contributed by atoms with E-state index in [4.69, 9.17) is 18.9 Å². The van der Waals surface area contributed by atoms with Gasteiger partial charge in [0.15, 0.2) is 11.5 Å². The lowest BCUT2D eigenvalue weighted by Crippen LogP contribution is -2.36. The van der Waals surface area contributed by atoms with Crippen molar-refractivity contribution in [3.05, 3.63) is 53.2 Å². The summed E-state index contributed by atoms with van der Waals surface area (Å²) in [5, 5.41) is 5.94. The Bertz CT molecular complexity index is 1100. The Labute approximate surface area is 192 Å². The number of para-hydroxylation sites is 2. The van der Waals surface area contributed by atoms with Gasteiger partial charge in [-0.25, -0.2) is 9.79 Å². The van der Waals surface area contributed by atoms with Crippen LogP contribution in [0.4, 0.5) is 11.4 Å². The Kier molecular flexibility index (Phi) is 7.55. The Hall–Kier alpha value is -4.01. The predicted octanol–water partition coefficient (Wildman–Crippen LogP) is 3.36. The van der Waals surface area contributed by atoms with Crippen LogP contribution in [0.5, 0.6) is 17.2 Å². The molecule has 2 aromatic carbocycles. The van der Waals surface area contributed by atoms with Gasteiger partial charge in [0, 0.05) is 5.70 Å². The molecule has 1 amide bonds. The summed E-state index contributed by atoms with van der Waals surface area (Å²) in [5.41, 5.74) is 2.61. The van der Waals surface area contributed by atoms with Gasteiger partial charge in [0.25, 0.3) is 0 Å². The molecule has 0 bridgehead atoms. The minimum absolute atomic E-state index is 0.0139. The maximum Gasteiger partial charge on any atom is 0.343 e. The van der Waals surface area contributed by atoms with Gasteiger partial charge in [-0.3, -0.25) is 4.79 Å². The third-order valence-corrected chi connectivity index (χ3v) is 4.90. The van der Waals surface area contributed by atoms with Crippen molar-refractivity contribution < 1.29 is 28.5 Å². The van der Waals surface area contributed by atoms with Crippen LogP contribution in [-0.2, 0) is 20.7 Å². The number of methoxy groups -OCH3 is 3. The molecule has 174 valence electrons. The first-order valence-electron chi connectivity index (χ1n) is 10.3. The lowest BCUT2D eigenvalue weighted by atomic mass is 10.1. The van der Waals surface area contributed by atoms with Crippen molar-refractivity contribution in [1.82, 2.24) is 5.32 Å². The first-order chi connectivity index (χ1) is 15.9. The zero-order valence-corrected chi connectivity index (χ0v) is 19.3. The Balaban J connectivity index is 1.94. The highest BCUT2D eigenvalue weighted by Gasteiger charge is 2.26. The minimum Gasteiger partial charge on any atom is -0.493 e. The van der Waals surface area contributed by atoms with Crippen LogP contribution in [0.15, 0.2) is 52.7 Å². The van der Waals surface area contributed by atoms with E-state index in [9.17, 15) is 9.59 Å². The number of ether oxygens (including phenoxy) is 4. The molecule has 0 aromatic heterocycles. The SMILES string of the molecule is CCOC(=O)C1=C(C)Nc2ccccc2N=C1NC(=O)Cc1cc(OC)c(OC)c(OC)c1. The fraction of sp³-hybridized carbons (Fsp3) is 0.292. The summed E-state index contributed by atoms with van der Waals surface area (Å²) in [6, 6.07) is 10.7. The zero-order valence-electron chi connectivity index (χ0n) is 19.3. The van der Waals surface area contributed by atoms with Crippen molar-refractivity contribution in [3.63, 3.8) is 0 Å². The molecule has 2 N–H and O–H groups in total. The molecule has 9 heteroatoms. The molecular weight excluding hydrogens is 426 g/mol. The summed E-state index contributed by atoms with van der Waals surface area (Å²) in [5.74, 6) is 0.461. The molecule has 1 aliphatic rings. The number of carbonyl (C=O) groups is 2. The van der Waals surface area contributed by atoms with Gasteiger partial charge < -0.3 is 29.6 Å². The second kappa shape index (κ2) is 10.5.